The van der Waals surface area contributed by atoms with E-state index in [1.165, 1.54) is 0 Å². The van der Waals surface area contributed by atoms with Gasteiger partial charge in [0, 0.05) is 23.5 Å². The molecule has 2 fully saturated rings. The number of benzene rings is 1. The first-order chi connectivity index (χ1) is 7.27. The van der Waals surface area contributed by atoms with Gasteiger partial charge in [-0.05, 0) is 12.0 Å². The average molecular weight is 203 g/mol. The van der Waals surface area contributed by atoms with Crippen molar-refractivity contribution in [3.63, 3.8) is 0 Å². The third-order valence-electron chi connectivity index (χ3n) is 3.95. The number of fused-ring (bicyclic) bond motifs is 8. The van der Waals surface area contributed by atoms with Gasteiger partial charge in [0.2, 0.25) is 0 Å². The van der Waals surface area contributed by atoms with Crippen molar-refractivity contribution < 1.29 is 9.66 Å². The molecule has 1 saturated heterocycles. The van der Waals surface area contributed by atoms with E-state index in [-0.39, 0.29) is 22.6 Å². The van der Waals surface area contributed by atoms with Crippen molar-refractivity contribution in [2.45, 2.75) is 30.5 Å². The maximum absolute atomic E-state index is 10.9. The molecule has 4 heteroatoms. The third kappa shape index (κ3) is 0.777. The van der Waals surface area contributed by atoms with Crippen LogP contribution in [0.2, 0.25) is 0 Å². The lowest BCUT2D eigenvalue weighted by Crippen LogP contribution is -2.09. The van der Waals surface area contributed by atoms with Crippen LogP contribution in [0.4, 0.5) is 5.69 Å². The lowest BCUT2D eigenvalue weighted by Gasteiger charge is -2.10. The van der Waals surface area contributed by atoms with E-state index in [2.05, 4.69) is 0 Å². The van der Waals surface area contributed by atoms with Crippen LogP contribution in [0.5, 0.6) is 0 Å². The zero-order valence-corrected chi connectivity index (χ0v) is 7.92. The second-order valence-electron chi connectivity index (χ2n) is 4.55. The molecule has 0 radical (unpaired) electrons. The number of hydrogen-bond donors (Lipinski definition) is 0. The Morgan fingerprint density at radius 3 is 2.93 bits per heavy atom. The van der Waals surface area contributed by atoms with E-state index in [1.54, 1.807) is 12.1 Å². The van der Waals surface area contributed by atoms with Gasteiger partial charge in [-0.1, -0.05) is 12.1 Å². The van der Waals surface area contributed by atoms with Crippen molar-refractivity contribution in [1.29, 1.82) is 0 Å². The predicted molar refractivity (Wildman–Crippen MR) is 51.9 cm³/mol. The Balaban J connectivity index is 1.97. The highest BCUT2D eigenvalue weighted by molar-refractivity contribution is 5.57. The van der Waals surface area contributed by atoms with Gasteiger partial charge in [-0.2, -0.15) is 0 Å². The number of hydrogen-bond acceptors (Lipinski definition) is 3. The Morgan fingerprint density at radius 1 is 1.33 bits per heavy atom. The molecule has 4 nitrogen and oxygen atoms in total. The summed E-state index contributed by atoms with van der Waals surface area (Å²) in [5.74, 6) is 0.714. The van der Waals surface area contributed by atoms with Crippen molar-refractivity contribution in [3.05, 3.63) is 39.4 Å². The van der Waals surface area contributed by atoms with Gasteiger partial charge in [-0.25, -0.2) is 0 Å². The number of nitrogens with zero attached hydrogens (tertiary/aromatic N) is 1. The average Bonchev–Trinajstić information content (AvgIpc) is 2.84. The summed E-state index contributed by atoms with van der Waals surface area (Å²) in [7, 11) is 0. The molecule has 15 heavy (non-hydrogen) atoms. The molecule has 4 rings (SSSR count). The van der Waals surface area contributed by atoms with Crippen LogP contribution in [-0.4, -0.2) is 17.1 Å². The summed E-state index contributed by atoms with van der Waals surface area (Å²) in [6.45, 7) is 0. The molecule has 4 unspecified atom stereocenters. The van der Waals surface area contributed by atoms with E-state index in [4.69, 9.17) is 4.74 Å². The van der Waals surface area contributed by atoms with Crippen LogP contribution >= 0.6 is 0 Å². The summed E-state index contributed by atoms with van der Waals surface area (Å²) in [4.78, 5) is 10.7. The van der Waals surface area contributed by atoms with Crippen molar-refractivity contribution in [2.24, 2.45) is 0 Å². The molecule has 0 N–H and O–H groups in total. The molecule has 3 aliphatic rings. The van der Waals surface area contributed by atoms with Crippen LogP contribution in [0.1, 0.15) is 29.4 Å². The van der Waals surface area contributed by atoms with Gasteiger partial charge in [0.25, 0.3) is 5.69 Å². The van der Waals surface area contributed by atoms with Gasteiger partial charge >= 0.3 is 0 Å². The third-order valence-corrected chi connectivity index (χ3v) is 3.95. The van der Waals surface area contributed by atoms with Crippen molar-refractivity contribution in [2.75, 3.05) is 0 Å². The molecule has 2 bridgehead atoms. The summed E-state index contributed by atoms with van der Waals surface area (Å²) in [6, 6.07) is 5.41. The number of epoxide rings is 1. The van der Waals surface area contributed by atoms with Gasteiger partial charge in [-0.3, -0.25) is 10.1 Å². The summed E-state index contributed by atoms with van der Waals surface area (Å²) in [5.41, 5.74) is 2.40. The van der Waals surface area contributed by atoms with Crippen LogP contribution in [0.3, 0.4) is 0 Å². The van der Waals surface area contributed by atoms with E-state index in [0.29, 0.717) is 12.0 Å². The van der Waals surface area contributed by atoms with Crippen LogP contribution in [-0.2, 0) is 4.74 Å². The fourth-order valence-electron chi connectivity index (χ4n) is 3.37. The number of ether oxygens (including phenoxy) is 1. The molecule has 76 valence electrons. The standard InChI is InChI=1S/C11H9NO3/c13-12(14)8-3-1-2-5-6-4-7(9(5)8)11-10(6)15-11/h1-3,6-7,10-11H,4H2. The van der Waals surface area contributed by atoms with Gasteiger partial charge in [0.05, 0.1) is 17.1 Å². The molecule has 4 atom stereocenters. The highest BCUT2D eigenvalue weighted by atomic mass is 16.6. The maximum Gasteiger partial charge on any atom is 0.273 e. The normalized spacial score (nSPS) is 38.7. The highest BCUT2D eigenvalue weighted by Gasteiger charge is 2.63. The van der Waals surface area contributed by atoms with Crippen LogP contribution in [0.25, 0.3) is 0 Å². The number of nitro benzene ring substituents is 1. The number of rotatable bonds is 1. The molecular formula is C11H9NO3. The molecular weight excluding hydrogens is 194 g/mol. The number of nitro groups is 1. The molecule has 1 aliphatic heterocycles. The van der Waals surface area contributed by atoms with E-state index in [1.807, 2.05) is 6.07 Å². The predicted octanol–water partition coefficient (Wildman–Crippen LogP) is 1.95. The second kappa shape index (κ2) is 2.22. The SMILES string of the molecule is O=[N+]([O-])c1cccc2c1C1CC2C2OC12. The Bertz CT molecular complexity index is 485. The minimum atomic E-state index is -0.267. The quantitative estimate of drug-likeness (QED) is 0.398. The molecule has 1 heterocycles. The molecule has 0 aromatic heterocycles. The van der Waals surface area contributed by atoms with Crippen LogP contribution in [0, 0.1) is 10.1 Å². The Hall–Kier alpha value is -1.42. The van der Waals surface area contributed by atoms with E-state index >= 15 is 0 Å². The Morgan fingerprint density at radius 2 is 2.13 bits per heavy atom. The largest absolute Gasteiger partial charge is 0.368 e. The van der Waals surface area contributed by atoms with Crippen LogP contribution in [0.15, 0.2) is 18.2 Å². The summed E-state index contributed by atoms with van der Waals surface area (Å²) in [6.07, 6.45) is 1.70. The van der Waals surface area contributed by atoms with E-state index in [0.717, 1.165) is 17.5 Å². The van der Waals surface area contributed by atoms with E-state index < -0.39 is 0 Å². The molecule has 1 aromatic rings. The fraction of sp³-hybridized carbons (Fsp3) is 0.455. The summed E-state index contributed by atoms with van der Waals surface area (Å²) >= 11 is 0. The minimum absolute atomic E-state index is 0.267. The molecule has 2 aliphatic carbocycles. The summed E-state index contributed by atoms with van der Waals surface area (Å²) in [5, 5.41) is 10.9. The monoisotopic (exact) mass is 203 g/mol. The Kier molecular flexibility index (Phi) is 1.16. The molecule has 0 spiro atoms. The Labute approximate surface area is 86.0 Å². The highest BCUT2D eigenvalue weighted by Crippen LogP contribution is 2.64. The topological polar surface area (TPSA) is 55.7 Å². The molecule has 0 amide bonds. The summed E-state index contributed by atoms with van der Waals surface area (Å²) < 4.78 is 5.53. The lowest BCUT2D eigenvalue weighted by atomic mass is 9.91. The zero-order chi connectivity index (χ0) is 10.2. The first-order valence-electron chi connectivity index (χ1n) is 5.20. The van der Waals surface area contributed by atoms with Gasteiger partial charge < -0.3 is 4.74 Å². The smallest absolute Gasteiger partial charge is 0.273 e. The first kappa shape index (κ1) is 7.82. The fourth-order valence-corrected chi connectivity index (χ4v) is 3.37. The van der Waals surface area contributed by atoms with Crippen molar-refractivity contribution >= 4 is 5.69 Å². The maximum atomic E-state index is 10.9. The lowest BCUT2D eigenvalue weighted by molar-refractivity contribution is -0.385. The van der Waals surface area contributed by atoms with Crippen LogP contribution < -0.4 is 0 Å². The van der Waals surface area contributed by atoms with Crippen molar-refractivity contribution in [1.82, 2.24) is 0 Å². The molecule has 1 aromatic carbocycles. The first-order valence-corrected chi connectivity index (χ1v) is 5.20. The second-order valence-corrected chi connectivity index (χ2v) is 4.55. The van der Waals surface area contributed by atoms with Gasteiger partial charge in [-0.15, -0.1) is 0 Å². The van der Waals surface area contributed by atoms with Crippen molar-refractivity contribution in [3.8, 4) is 0 Å². The van der Waals surface area contributed by atoms with Gasteiger partial charge in [0.15, 0.2) is 0 Å². The minimum Gasteiger partial charge on any atom is -0.368 e. The van der Waals surface area contributed by atoms with E-state index in [9.17, 15) is 10.1 Å². The zero-order valence-electron chi connectivity index (χ0n) is 7.92. The van der Waals surface area contributed by atoms with Gasteiger partial charge in [0.1, 0.15) is 0 Å². The molecule has 1 saturated carbocycles.